The number of piperazine rings is 1. The minimum Gasteiger partial charge on any atom is -0.345 e. The van der Waals surface area contributed by atoms with Crippen LogP contribution in [0.25, 0.3) is 22.2 Å². The van der Waals surface area contributed by atoms with E-state index in [1.807, 2.05) is 0 Å². The van der Waals surface area contributed by atoms with Crippen LogP contribution in [-0.2, 0) is 16.4 Å². The molecule has 0 bridgehead atoms. The number of nitrogens with zero attached hydrogens (tertiary/aromatic N) is 4. The number of aromatic amines is 1. The number of hydrogen-bond donors (Lipinski definition) is 3. The molecular formula is C25H25F2N7O3S. The van der Waals surface area contributed by atoms with Gasteiger partial charge < -0.3 is 15.2 Å². The number of primary sulfonamides is 1. The lowest BCUT2D eigenvalue weighted by atomic mass is 9.97. The third-order valence-electron chi connectivity index (χ3n) is 6.61. The summed E-state index contributed by atoms with van der Waals surface area (Å²) >= 11 is 0. The Bertz CT molecular complexity index is 1620. The Hall–Kier alpha value is -3.81. The number of aromatic nitrogens is 4. The average Bonchev–Trinajstić information content (AvgIpc) is 3.33. The number of rotatable bonds is 7. The number of fused-ring (bicyclic) bond motifs is 1. The van der Waals surface area contributed by atoms with E-state index in [4.69, 9.17) is 5.14 Å². The van der Waals surface area contributed by atoms with Gasteiger partial charge in [0.05, 0.1) is 10.8 Å². The first-order valence-corrected chi connectivity index (χ1v) is 13.5. The Morgan fingerprint density at radius 1 is 1.11 bits per heavy atom. The Morgan fingerprint density at radius 2 is 1.79 bits per heavy atom. The molecule has 4 aromatic rings. The number of ketones is 1. The van der Waals surface area contributed by atoms with E-state index in [-0.39, 0.29) is 17.5 Å². The summed E-state index contributed by atoms with van der Waals surface area (Å²) in [6.07, 6.45) is 5.95. The van der Waals surface area contributed by atoms with Gasteiger partial charge in [-0.1, -0.05) is 6.07 Å². The van der Waals surface area contributed by atoms with Crippen LogP contribution in [0.3, 0.4) is 0 Å². The molecule has 0 spiro atoms. The molecule has 3 aromatic heterocycles. The molecule has 1 aliphatic rings. The average molecular weight is 542 g/mol. The number of carbonyl (C=O) groups excluding carboxylic acids is 1. The number of benzene rings is 1. The second-order valence-corrected chi connectivity index (χ2v) is 11.1. The number of pyridine rings is 1. The molecule has 5 rings (SSSR count). The smallest absolute Gasteiger partial charge is 0.225 e. The van der Waals surface area contributed by atoms with E-state index in [0.717, 1.165) is 38.3 Å². The Morgan fingerprint density at radius 3 is 2.47 bits per heavy atom. The molecule has 0 aliphatic carbocycles. The predicted octanol–water partition coefficient (Wildman–Crippen LogP) is 2.16. The summed E-state index contributed by atoms with van der Waals surface area (Å²) in [4.78, 5) is 31.6. The maximum atomic E-state index is 15.3. The van der Waals surface area contributed by atoms with Crippen molar-refractivity contribution in [2.75, 3.05) is 31.1 Å². The number of H-pyrrole nitrogens is 1. The molecule has 0 radical (unpaired) electrons. The lowest BCUT2D eigenvalue weighted by Crippen LogP contribution is -2.44. The monoisotopic (exact) mass is 541 g/mol. The molecular weight excluding hydrogens is 516 g/mol. The van der Waals surface area contributed by atoms with Gasteiger partial charge in [0.25, 0.3) is 0 Å². The van der Waals surface area contributed by atoms with E-state index in [0.29, 0.717) is 28.1 Å². The number of sulfonamides is 1. The lowest BCUT2D eigenvalue weighted by molar-refractivity contribution is 0.103. The zero-order chi connectivity index (χ0) is 27.0. The van der Waals surface area contributed by atoms with E-state index in [1.54, 1.807) is 24.7 Å². The SMILES string of the molecule is CC(Cc1ccc(F)c(C(=O)c2c[nH]c3ncc(-c4cnc(N5CCNCC5)nc4)cc23)c1F)S(N)(=O)=O. The van der Waals surface area contributed by atoms with Crippen LogP contribution < -0.4 is 15.4 Å². The van der Waals surface area contributed by atoms with Crippen LogP contribution in [-0.4, -0.2) is 65.6 Å². The van der Waals surface area contributed by atoms with E-state index < -0.39 is 38.3 Å². The van der Waals surface area contributed by atoms with Gasteiger partial charge in [0, 0.05) is 73.0 Å². The highest BCUT2D eigenvalue weighted by Crippen LogP contribution is 2.28. The van der Waals surface area contributed by atoms with Crippen molar-refractivity contribution in [3.8, 4) is 11.1 Å². The van der Waals surface area contributed by atoms with Gasteiger partial charge in [-0.15, -0.1) is 0 Å². The molecule has 1 saturated heterocycles. The van der Waals surface area contributed by atoms with Crippen molar-refractivity contribution in [3.63, 3.8) is 0 Å². The summed E-state index contributed by atoms with van der Waals surface area (Å²) in [5.41, 5.74) is 0.747. The maximum Gasteiger partial charge on any atom is 0.225 e. The Balaban J connectivity index is 1.48. The van der Waals surface area contributed by atoms with Gasteiger partial charge in [-0.05, 0) is 31.0 Å². The first-order chi connectivity index (χ1) is 18.1. The molecule has 0 amide bonds. The fourth-order valence-electron chi connectivity index (χ4n) is 4.37. The van der Waals surface area contributed by atoms with E-state index in [9.17, 15) is 17.6 Å². The number of nitrogens with two attached hydrogens (primary N) is 1. The summed E-state index contributed by atoms with van der Waals surface area (Å²) in [5.74, 6) is -2.47. The van der Waals surface area contributed by atoms with Crippen LogP contribution in [0.1, 0.15) is 28.4 Å². The van der Waals surface area contributed by atoms with Crippen LogP contribution in [0.15, 0.2) is 43.0 Å². The molecule has 38 heavy (non-hydrogen) atoms. The summed E-state index contributed by atoms with van der Waals surface area (Å²) < 4.78 is 53.2. The van der Waals surface area contributed by atoms with Crippen molar-refractivity contribution in [1.82, 2.24) is 25.3 Å². The van der Waals surface area contributed by atoms with Crippen molar-refractivity contribution < 1.29 is 22.0 Å². The molecule has 1 aromatic carbocycles. The molecule has 4 N–H and O–H groups in total. The van der Waals surface area contributed by atoms with Gasteiger partial charge in [-0.25, -0.2) is 37.3 Å². The highest BCUT2D eigenvalue weighted by Gasteiger charge is 2.26. The Labute approximate surface area is 217 Å². The van der Waals surface area contributed by atoms with Gasteiger partial charge in [-0.2, -0.15) is 0 Å². The number of halogens is 2. The molecule has 198 valence electrons. The van der Waals surface area contributed by atoms with Crippen molar-refractivity contribution >= 4 is 32.8 Å². The minimum atomic E-state index is -3.95. The minimum absolute atomic E-state index is 0.0159. The van der Waals surface area contributed by atoms with Crippen LogP contribution >= 0.6 is 0 Å². The highest BCUT2D eigenvalue weighted by atomic mass is 32.2. The van der Waals surface area contributed by atoms with E-state index in [1.165, 1.54) is 13.1 Å². The molecule has 1 unspecified atom stereocenters. The highest BCUT2D eigenvalue weighted by molar-refractivity contribution is 7.89. The molecule has 4 heterocycles. The third kappa shape index (κ3) is 4.99. The first-order valence-electron chi connectivity index (χ1n) is 11.9. The summed E-state index contributed by atoms with van der Waals surface area (Å²) in [7, 11) is -3.95. The second-order valence-electron chi connectivity index (χ2n) is 9.16. The number of nitrogens with one attached hydrogen (secondary N) is 2. The quantitative estimate of drug-likeness (QED) is 0.302. The molecule has 1 fully saturated rings. The molecule has 1 atom stereocenters. The van der Waals surface area contributed by atoms with Crippen molar-refractivity contribution in [2.24, 2.45) is 5.14 Å². The predicted molar refractivity (Wildman–Crippen MR) is 138 cm³/mol. The normalized spacial score (nSPS) is 15.1. The summed E-state index contributed by atoms with van der Waals surface area (Å²) in [6, 6.07) is 3.73. The van der Waals surface area contributed by atoms with Crippen molar-refractivity contribution in [1.29, 1.82) is 0 Å². The van der Waals surface area contributed by atoms with E-state index in [2.05, 4.69) is 30.2 Å². The molecule has 13 heteroatoms. The zero-order valence-corrected chi connectivity index (χ0v) is 21.2. The van der Waals surface area contributed by atoms with Gasteiger partial charge in [0.2, 0.25) is 21.8 Å². The van der Waals surface area contributed by atoms with Crippen LogP contribution in [0.5, 0.6) is 0 Å². The number of carbonyl (C=O) groups is 1. The topological polar surface area (TPSA) is 147 Å². The Kier molecular flexibility index (Phi) is 6.90. The number of anilines is 1. The zero-order valence-electron chi connectivity index (χ0n) is 20.4. The standard InChI is InChI=1S/C25H25F2N7O3S/c1-14(38(28,36)37)8-15-2-3-20(26)21(22(15)27)23(35)19-13-31-24-18(19)9-16(10-30-24)17-11-32-25(33-12-17)34-6-4-29-5-7-34/h2-3,9-14,29H,4-8H2,1H3,(H,30,31)(H2,28,36,37). The van der Waals surface area contributed by atoms with Gasteiger partial charge in [0.1, 0.15) is 17.3 Å². The summed E-state index contributed by atoms with van der Waals surface area (Å²) in [6.45, 7) is 4.62. The number of hydrogen-bond acceptors (Lipinski definition) is 8. The first kappa shape index (κ1) is 25.8. The van der Waals surface area contributed by atoms with Crippen LogP contribution in [0, 0.1) is 11.6 Å². The molecule has 10 nitrogen and oxygen atoms in total. The van der Waals surface area contributed by atoms with Crippen molar-refractivity contribution in [3.05, 3.63) is 71.3 Å². The second kappa shape index (κ2) is 10.2. The van der Waals surface area contributed by atoms with Crippen LogP contribution in [0.2, 0.25) is 0 Å². The maximum absolute atomic E-state index is 15.3. The largest absolute Gasteiger partial charge is 0.345 e. The fourth-order valence-corrected chi connectivity index (χ4v) is 4.78. The molecule has 1 aliphatic heterocycles. The van der Waals surface area contributed by atoms with Gasteiger partial charge >= 0.3 is 0 Å². The van der Waals surface area contributed by atoms with Crippen LogP contribution in [0.4, 0.5) is 14.7 Å². The van der Waals surface area contributed by atoms with Crippen molar-refractivity contribution in [2.45, 2.75) is 18.6 Å². The fraction of sp³-hybridized carbons (Fsp3) is 0.280. The summed E-state index contributed by atoms with van der Waals surface area (Å²) in [5, 5.41) is 7.65. The molecule has 0 saturated carbocycles. The third-order valence-corrected chi connectivity index (χ3v) is 7.90. The lowest BCUT2D eigenvalue weighted by Gasteiger charge is -2.27. The van der Waals surface area contributed by atoms with Gasteiger partial charge in [0.15, 0.2) is 0 Å². The van der Waals surface area contributed by atoms with Gasteiger partial charge in [-0.3, -0.25) is 4.79 Å². The van der Waals surface area contributed by atoms with E-state index >= 15 is 4.39 Å².